The molecule has 0 aliphatic carbocycles. The van der Waals surface area contributed by atoms with Crippen LogP contribution in [0.4, 0.5) is 0 Å². The van der Waals surface area contributed by atoms with E-state index in [9.17, 15) is 9.59 Å². The molecule has 10 nitrogen and oxygen atoms in total. The number of nitrogens with one attached hydrogen (secondary N) is 2. The maximum atomic E-state index is 12.6. The molecule has 0 radical (unpaired) electrons. The summed E-state index contributed by atoms with van der Waals surface area (Å²) in [5.74, 6) is -1.06. The molecule has 2 aliphatic rings. The van der Waals surface area contributed by atoms with Crippen molar-refractivity contribution in [3.05, 3.63) is 29.6 Å². The summed E-state index contributed by atoms with van der Waals surface area (Å²) in [6.45, 7) is 5.83. The van der Waals surface area contributed by atoms with Gasteiger partial charge in [0.25, 0.3) is 17.8 Å². The molecule has 2 aliphatic heterocycles. The lowest BCUT2D eigenvalue weighted by Gasteiger charge is -2.19. The third-order valence-corrected chi connectivity index (χ3v) is 4.33. The highest BCUT2D eigenvalue weighted by molar-refractivity contribution is 5.94. The third-order valence-electron chi connectivity index (χ3n) is 4.33. The number of pyridine rings is 1. The Labute approximate surface area is 175 Å². The summed E-state index contributed by atoms with van der Waals surface area (Å²) in [5, 5.41) is 21.0. The molecule has 1 atom stereocenters. The fourth-order valence-corrected chi connectivity index (χ4v) is 3.09. The van der Waals surface area contributed by atoms with Crippen molar-refractivity contribution in [1.29, 1.82) is 0 Å². The van der Waals surface area contributed by atoms with Crippen LogP contribution in [-0.4, -0.2) is 76.6 Å². The first-order valence-electron chi connectivity index (χ1n) is 9.78. The van der Waals surface area contributed by atoms with Crippen molar-refractivity contribution in [2.24, 2.45) is 5.92 Å². The monoisotopic (exact) mass is 422 g/mol. The van der Waals surface area contributed by atoms with E-state index in [4.69, 9.17) is 19.8 Å². The fraction of sp³-hybridized carbons (Fsp3) is 0.550. The summed E-state index contributed by atoms with van der Waals surface area (Å²) < 4.78 is 0. The van der Waals surface area contributed by atoms with Gasteiger partial charge in [-0.25, -0.2) is 0 Å². The second-order valence-corrected chi connectivity index (χ2v) is 7.08. The van der Waals surface area contributed by atoms with Gasteiger partial charge in [-0.05, 0) is 43.5 Å². The molecule has 3 rings (SSSR count). The average Bonchev–Trinajstić information content (AvgIpc) is 3.06. The SMILES string of the molecule is CC(=O)O.CC(=O)O.O=C1CCN(C(=O)c2cncc(CC3CCNC3)c2)CCN1. The van der Waals surface area contributed by atoms with Crippen molar-refractivity contribution >= 4 is 23.8 Å². The fourth-order valence-electron chi connectivity index (χ4n) is 3.09. The number of carbonyl (C=O) groups excluding carboxylic acids is 2. The van der Waals surface area contributed by atoms with Crippen LogP contribution < -0.4 is 10.6 Å². The number of amides is 2. The van der Waals surface area contributed by atoms with Gasteiger partial charge in [-0.15, -0.1) is 0 Å². The summed E-state index contributed by atoms with van der Waals surface area (Å²) in [7, 11) is 0. The summed E-state index contributed by atoms with van der Waals surface area (Å²) >= 11 is 0. The Morgan fingerprint density at radius 3 is 2.40 bits per heavy atom. The number of nitrogens with zero attached hydrogens (tertiary/aromatic N) is 2. The molecule has 4 N–H and O–H groups in total. The van der Waals surface area contributed by atoms with Crippen LogP contribution in [0, 0.1) is 5.92 Å². The van der Waals surface area contributed by atoms with Crippen molar-refractivity contribution in [2.75, 3.05) is 32.7 Å². The maximum absolute atomic E-state index is 12.6. The molecule has 3 heterocycles. The van der Waals surface area contributed by atoms with E-state index in [-0.39, 0.29) is 11.8 Å². The van der Waals surface area contributed by atoms with Crippen LogP contribution in [-0.2, 0) is 20.8 Å². The van der Waals surface area contributed by atoms with Crippen molar-refractivity contribution < 1.29 is 29.4 Å². The lowest BCUT2D eigenvalue weighted by atomic mass is 9.99. The molecule has 30 heavy (non-hydrogen) atoms. The third kappa shape index (κ3) is 10.5. The van der Waals surface area contributed by atoms with E-state index in [1.165, 1.54) is 6.42 Å². The highest BCUT2D eigenvalue weighted by atomic mass is 16.4. The molecule has 1 aromatic heterocycles. The van der Waals surface area contributed by atoms with Gasteiger partial charge in [-0.2, -0.15) is 0 Å². The minimum absolute atomic E-state index is 0.0101. The van der Waals surface area contributed by atoms with Crippen molar-refractivity contribution in [2.45, 2.75) is 33.1 Å². The van der Waals surface area contributed by atoms with Crippen LogP contribution in [0.25, 0.3) is 0 Å². The smallest absolute Gasteiger partial charge is 0.300 e. The van der Waals surface area contributed by atoms with Gasteiger partial charge in [0, 0.05) is 52.3 Å². The topological polar surface area (TPSA) is 149 Å². The Balaban J connectivity index is 0.000000485. The molecule has 0 spiro atoms. The predicted octanol–water partition coefficient (Wildman–Crippen LogP) is 0.378. The van der Waals surface area contributed by atoms with Gasteiger partial charge in [0.2, 0.25) is 5.91 Å². The zero-order valence-electron chi connectivity index (χ0n) is 17.4. The summed E-state index contributed by atoms with van der Waals surface area (Å²) in [6.07, 6.45) is 5.98. The van der Waals surface area contributed by atoms with Crippen LogP contribution in [0.15, 0.2) is 18.5 Å². The molecule has 166 valence electrons. The molecule has 2 fully saturated rings. The molecular weight excluding hydrogens is 392 g/mol. The Kier molecular flexibility index (Phi) is 11.1. The number of rotatable bonds is 3. The van der Waals surface area contributed by atoms with Gasteiger partial charge < -0.3 is 25.7 Å². The van der Waals surface area contributed by atoms with Crippen molar-refractivity contribution in [3.8, 4) is 0 Å². The molecule has 0 saturated carbocycles. The van der Waals surface area contributed by atoms with Gasteiger partial charge in [0.1, 0.15) is 0 Å². The van der Waals surface area contributed by atoms with E-state index in [1.54, 1.807) is 11.1 Å². The van der Waals surface area contributed by atoms with Crippen LogP contribution in [0.2, 0.25) is 0 Å². The first-order valence-corrected chi connectivity index (χ1v) is 9.78. The van der Waals surface area contributed by atoms with Gasteiger partial charge in [0.05, 0.1) is 5.56 Å². The van der Waals surface area contributed by atoms with E-state index in [1.807, 2.05) is 12.3 Å². The zero-order valence-corrected chi connectivity index (χ0v) is 17.4. The number of carboxylic acid groups (broad SMARTS) is 2. The minimum Gasteiger partial charge on any atom is -0.481 e. The Morgan fingerprint density at radius 2 is 1.80 bits per heavy atom. The van der Waals surface area contributed by atoms with Crippen LogP contribution in [0.5, 0.6) is 0 Å². The van der Waals surface area contributed by atoms with E-state index in [0.29, 0.717) is 37.5 Å². The molecule has 2 saturated heterocycles. The normalized spacial score (nSPS) is 18.0. The Morgan fingerprint density at radius 1 is 1.13 bits per heavy atom. The van der Waals surface area contributed by atoms with E-state index < -0.39 is 11.9 Å². The van der Waals surface area contributed by atoms with Gasteiger partial charge in [-0.1, -0.05) is 0 Å². The summed E-state index contributed by atoms with van der Waals surface area (Å²) in [6, 6.07) is 1.95. The molecular formula is C20H30N4O6. The quantitative estimate of drug-likeness (QED) is 0.546. The number of hydrogen-bond donors (Lipinski definition) is 4. The highest BCUT2D eigenvalue weighted by Crippen LogP contribution is 2.16. The number of carboxylic acids is 2. The van der Waals surface area contributed by atoms with Crippen LogP contribution in [0.3, 0.4) is 0 Å². The second kappa shape index (κ2) is 13.3. The maximum Gasteiger partial charge on any atom is 0.300 e. The number of carbonyl (C=O) groups is 4. The Bertz CT molecular complexity index is 714. The van der Waals surface area contributed by atoms with Gasteiger partial charge in [-0.3, -0.25) is 24.2 Å². The van der Waals surface area contributed by atoms with Crippen LogP contribution in [0.1, 0.15) is 42.6 Å². The number of aromatic nitrogens is 1. The molecule has 0 bridgehead atoms. The van der Waals surface area contributed by atoms with Crippen molar-refractivity contribution in [1.82, 2.24) is 20.5 Å². The summed E-state index contributed by atoms with van der Waals surface area (Å²) in [4.78, 5) is 47.9. The average molecular weight is 422 g/mol. The first kappa shape index (κ1) is 25.0. The Hall–Kier alpha value is -3.01. The lowest BCUT2D eigenvalue weighted by Crippen LogP contribution is -2.34. The molecule has 10 heteroatoms. The lowest BCUT2D eigenvalue weighted by molar-refractivity contribution is -0.135. The largest absolute Gasteiger partial charge is 0.481 e. The van der Waals surface area contributed by atoms with E-state index in [2.05, 4.69) is 15.6 Å². The molecule has 1 unspecified atom stereocenters. The first-order chi connectivity index (χ1) is 14.2. The minimum atomic E-state index is -0.833. The molecule has 1 aromatic rings. The standard InChI is InChI=1S/C16H22N4O2.2C2H4O2/c21-15-2-5-20(6-4-19-15)16(22)14-8-13(10-18-11-14)7-12-1-3-17-9-12;2*1-2(3)4/h8,10-12,17H,1-7,9H2,(H,19,21);2*1H3,(H,3,4). The van der Waals surface area contributed by atoms with Crippen molar-refractivity contribution in [3.63, 3.8) is 0 Å². The second-order valence-electron chi connectivity index (χ2n) is 7.08. The van der Waals surface area contributed by atoms with E-state index in [0.717, 1.165) is 38.9 Å². The zero-order chi connectivity index (χ0) is 22.5. The summed E-state index contributed by atoms with van der Waals surface area (Å²) in [5.41, 5.74) is 1.74. The van der Waals surface area contributed by atoms with Crippen LogP contribution >= 0.6 is 0 Å². The van der Waals surface area contributed by atoms with E-state index >= 15 is 0 Å². The predicted molar refractivity (Wildman–Crippen MR) is 109 cm³/mol. The molecule has 2 amide bonds. The van der Waals surface area contributed by atoms with Gasteiger partial charge in [0.15, 0.2) is 0 Å². The van der Waals surface area contributed by atoms with Gasteiger partial charge >= 0.3 is 0 Å². The highest BCUT2D eigenvalue weighted by Gasteiger charge is 2.21. The number of hydrogen-bond acceptors (Lipinski definition) is 6. The number of aliphatic carboxylic acids is 2. The molecule has 0 aromatic carbocycles.